The fraction of sp³-hybridized carbons (Fsp3) is 0.500. The summed E-state index contributed by atoms with van der Waals surface area (Å²) in [7, 11) is 0. The van der Waals surface area contributed by atoms with Gasteiger partial charge in [-0.2, -0.15) is 5.10 Å². The highest BCUT2D eigenvalue weighted by Gasteiger charge is 2.27. The number of halogens is 1. The molecule has 0 aliphatic heterocycles. The third-order valence-electron chi connectivity index (χ3n) is 2.92. The Labute approximate surface area is 122 Å². The molecule has 0 saturated carbocycles. The molecular weight excluding hydrogens is 278 g/mol. The van der Waals surface area contributed by atoms with Gasteiger partial charge in [0, 0.05) is 5.56 Å². The van der Waals surface area contributed by atoms with Crippen LogP contribution in [0, 0.1) is 5.41 Å². The minimum atomic E-state index is -0.572. The van der Waals surface area contributed by atoms with E-state index in [4.69, 9.17) is 16.3 Å². The molecule has 0 aromatic carbocycles. The standard InChI is InChI=1S/C14H18ClN3O2/c1-8(2)10-9(20-13(19)14(3,4)5)6-18-11(10)12(15)16-7-17-18/h6-8H,1-5H3. The molecule has 0 bridgehead atoms. The summed E-state index contributed by atoms with van der Waals surface area (Å²) >= 11 is 6.13. The predicted molar refractivity (Wildman–Crippen MR) is 77.2 cm³/mol. The highest BCUT2D eigenvalue weighted by molar-refractivity contribution is 6.32. The summed E-state index contributed by atoms with van der Waals surface area (Å²) in [6.45, 7) is 9.45. The Kier molecular flexibility index (Phi) is 3.73. The molecule has 0 aliphatic rings. The van der Waals surface area contributed by atoms with Gasteiger partial charge in [0.25, 0.3) is 0 Å². The van der Waals surface area contributed by atoms with Crippen molar-refractivity contribution in [1.82, 2.24) is 14.6 Å². The van der Waals surface area contributed by atoms with E-state index in [1.807, 2.05) is 34.6 Å². The molecule has 0 aliphatic carbocycles. The number of carbonyl (C=O) groups is 1. The zero-order valence-corrected chi connectivity index (χ0v) is 13.0. The second-order valence-corrected chi connectivity index (χ2v) is 6.40. The second-order valence-electron chi connectivity index (χ2n) is 6.05. The van der Waals surface area contributed by atoms with E-state index in [0.717, 1.165) is 5.56 Å². The Balaban J connectivity index is 2.56. The lowest BCUT2D eigenvalue weighted by molar-refractivity contribution is -0.143. The molecule has 2 rings (SSSR count). The lowest BCUT2D eigenvalue weighted by atomic mass is 9.97. The third kappa shape index (κ3) is 2.63. The molecule has 0 amide bonds. The van der Waals surface area contributed by atoms with Crippen molar-refractivity contribution in [3.63, 3.8) is 0 Å². The van der Waals surface area contributed by atoms with Crippen LogP contribution in [0.15, 0.2) is 12.5 Å². The van der Waals surface area contributed by atoms with Crippen molar-refractivity contribution in [2.75, 3.05) is 0 Å². The van der Waals surface area contributed by atoms with Crippen LogP contribution < -0.4 is 4.74 Å². The van der Waals surface area contributed by atoms with Crippen LogP contribution in [-0.4, -0.2) is 20.6 Å². The molecule has 20 heavy (non-hydrogen) atoms. The highest BCUT2D eigenvalue weighted by Crippen LogP contribution is 2.35. The lowest BCUT2D eigenvalue weighted by Crippen LogP contribution is -2.25. The van der Waals surface area contributed by atoms with Crippen LogP contribution in [0.25, 0.3) is 5.52 Å². The van der Waals surface area contributed by atoms with E-state index < -0.39 is 5.41 Å². The molecule has 2 heterocycles. The Morgan fingerprint density at radius 3 is 2.60 bits per heavy atom. The number of carbonyl (C=O) groups excluding carboxylic acids is 1. The molecule has 6 heteroatoms. The van der Waals surface area contributed by atoms with Gasteiger partial charge >= 0.3 is 5.97 Å². The van der Waals surface area contributed by atoms with Gasteiger partial charge in [0.15, 0.2) is 10.9 Å². The Hall–Kier alpha value is -1.62. The van der Waals surface area contributed by atoms with Crippen molar-refractivity contribution >= 4 is 23.1 Å². The number of ether oxygens (including phenoxy) is 1. The topological polar surface area (TPSA) is 56.5 Å². The number of hydrogen-bond acceptors (Lipinski definition) is 4. The van der Waals surface area contributed by atoms with E-state index in [-0.39, 0.29) is 11.9 Å². The Morgan fingerprint density at radius 1 is 1.40 bits per heavy atom. The average Bonchev–Trinajstić information content (AvgIpc) is 2.67. The number of hydrogen-bond donors (Lipinski definition) is 0. The van der Waals surface area contributed by atoms with Gasteiger partial charge in [-0.05, 0) is 26.7 Å². The third-order valence-corrected chi connectivity index (χ3v) is 3.20. The van der Waals surface area contributed by atoms with Crippen LogP contribution in [-0.2, 0) is 4.79 Å². The van der Waals surface area contributed by atoms with E-state index in [0.29, 0.717) is 16.4 Å². The number of aromatic nitrogens is 3. The lowest BCUT2D eigenvalue weighted by Gasteiger charge is -2.17. The fourth-order valence-corrected chi connectivity index (χ4v) is 2.10. The highest BCUT2D eigenvalue weighted by atomic mass is 35.5. The quantitative estimate of drug-likeness (QED) is 0.796. The van der Waals surface area contributed by atoms with E-state index in [1.54, 1.807) is 10.7 Å². The maximum Gasteiger partial charge on any atom is 0.316 e. The summed E-state index contributed by atoms with van der Waals surface area (Å²) in [4.78, 5) is 16.1. The zero-order chi connectivity index (χ0) is 15.1. The molecule has 0 unspecified atom stereocenters. The van der Waals surface area contributed by atoms with Gasteiger partial charge < -0.3 is 4.74 Å². The Bertz CT molecular complexity index is 656. The summed E-state index contributed by atoms with van der Waals surface area (Å²) in [6, 6.07) is 0. The van der Waals surface area contributed by atoms with Crippen molar-refractivity contribution in [2.45, 2.75) is 40.5 Å². The van der Waals surface area contributed by atoms with Crippen LogP contribution >= 0.6 is 11.6 Å². The van der Waals surface area contributed by atoms with Gasteiger partial charge in [0.2, 0.25) is 0 Å². The van der Waals surface area contributed by atoms with Crippen LogP contribution in [0.4, 0.5) is 0 Å². The van der Waals surface area contributed by atoms with Gasteiger partial charge in [-0.1, -0.05) is 25.4 Å². The molecule has 0 fully saturated rings. The van der Waals surface area contributed by atoms with Crippen molar-refractivity contribution in [3.8, 4) is 5.75 Å². The number of rotatable bonds is 2. The fourth-order valence-electron chi connectivity index (χ4n) is 1.87. The minimum Gasteiger partial charge on any atom is -0.424 e. The van der Waals surface area contributed by atoms with Crippen molar-refractivity contribution in [1.29, 1.82) is 0 Å². The van der Waals surface area contributed by atoms with Gasteiger partial charge in [0.1, 0.15) is 11.8 Å². The maximum absolute atomic E-state index is 12.1. The summed E-state index contributed by atoms with van der Waals surface area (Å²) in [6.07, 6.45) is 3.04. The summed E-state index contributed by atoms with van der Waals surface area (Å²) in [5, 5.41) is 4.45. The van der Waals surface area contributed by atoms with Crippen LogP contribution in [0.3, 0.4) is 0 Å². The van der Waals surface area contributed by atoms with Crippen LogP contribution in [0.5, 0.6) is 5.75 Å². The second kappa shape index (κ2) is 5.05. The van der Waals surface area contributed by atoms with E-state index >= 15 is 0 Å². The summed E-state index contributed by atoms with van der Waals surface area (Å²) in [5.74, 6) is 0.327. The number of nitrogens with zero attached hydrogens (tertiary/aromatic N) is 3. The normalized spacial score (nSPS) is 12.2. The number of esters is 1. The molecule has 0 atom stereocenters. The van der Waals surface area contributed by atoms with Crippen molar-refractivity contribution < 1.29 is 9.53 Å². The first-order chi connectivity index (χ1) is 9.21. The smallest absolute Gasteiger partial charge is 0.316 e. The van der Waals surface area contributed by atoms with E-state index in [1.165, 1.54) is 6.33 Å². The SMILES string of the molecule is CC(C)c1c(OC(=O)C(C)(C)C)cn2ncnc(Cl)c12. The first-order valence-electron chi connectivity index (χ1n) is 6.46. The average molecular weight is 296 g/mol. The molecule has 2 aromatic heterocycles. The van der Waals surface area contributed by atoms with Gasteiger partial charge in [-0.15, -0.1) is 0 Å². The van der Waals surface area contributed by atoms with Gasteiger partial charge in [-0.25, -0.2) is 9.50 Å². The first kappa shape index (κ1) is 14.8. The van der Waals surface area contributed by atoms with E-state index in [2.05, 4.69) is 10.1 Å². The molecule has 0 N–H and O–H groups in total. The molecule has 5 nitrogen and oxygen atoms in total. The molecular formula is C14H18ClN3O2. The van der Waals surface area contributed by atoms with Crippen LogP contribution in [0.2, 0.25) is 5.15 Å². The monoisotopic (exact) mass is 295 g/mol. The number of fused-ring (bicyclic) bond motifs is 1. The molecule has 0 spiro atoms. The van der Waals surface area contributed by atoms with Gasteiger partial charge in [0.05, 0.1) is 11.6 Å². The van der Waals surface area contributed by atoms with Gasteiger partial charge in [-0.3, -0.25) is 4.79 Å². The molecule has 0 saturated heterocycles. The van der Waals surface area contributed by atoms with Crippen molar-refractivity contribution in [3.05, 3.63) is 23.2 Å². The molecule has 2 aromatic rings. The predicted octanol–water partition coefficient (Wildman–Crippen LogP) is 3.46. The van der Waals surface area contributed by atoms with Crippen LogP contribution in [0.1, 0.15) is 46.1 Å². The summed E-state index contributed by atoms with van der Waals surface area (Å²) in [5.41, 5.74) is 0.951. The minimum absolute atomic E-state index is 0.131. The van der Waals surface area contributed by atoms with Crippen molar-refractivity contribution in [2.24, 2.45) is 5.41 Å². The molecule has 108 valence electrons. The largest absolute Gasteiger partial charge is 0.424 e. The maximum atomic E-state index is 12.1. The molecule has 0 radical (unpaired) electrons. The zero-order valence-electron chi connectivity index (χ0n) is 12.3. The summed E-state index contributed by atoms with van der Waals surface area (Å²) < 4.78 is 7.12. The first-order valence-corrected chi connectivity index (χ1v) is 6.83. The van der Waals surface area contributed by atoms with E-state index in [9.17, 15) is 4.79 Å². The Morgan fingerprint density at radius 2 is 2.05 bits per heavy atom.